The Hall–Kier alpha value is -3.51. The van der Waals surface area contributed by atoms with Crippen molar-refractivity contribution in [2.75, 3.05) is 13.7 Å². The molecule has 0 unspecified atom stereocenters. The summed E-state index contributed by atoms with van der Waals surface area (Å²) in [5.74, 6) is 6.55. The molecule has 128 valence electrons. The van der Waals surface area contributed by atoms with Crippen molar-refractivity contribution in [2.24, 2.45) is 0 Å². The zero-order chi connectivity index (χ0) is 18.2. The number of carbonyl (C=O) groups excluding carboxylic acids is 1. The fourth-order valence-electron chi connectivity index (χ4n) is 2.56. The second-order valence-corrected chi connectivity index (χ2v) is 5.63. The van der Waals surface area contributed by atoms with Crippen molar-refractivity contribution in [3.05, 3.63) is 90.0 Å². The summed E-state index contributed by atoms with van der Waals surface area (Å²) in [6, 6.07) is 25.2. The highest BCUT2D eigenvalue weighted by atomic mass is 16.5. The summed E-state index contributed by atoms with van der Waals surface area (Å²) in [4.78, 5) is 12.2. The highest BCUT2D eigenvalue weighted by molar-refractivity contribution is 5.94. The van der Waals surface area contributed by atoms with Crippen LogP contribution in [0.25, 0.3) is 11.1 Å². The summed E-state index contributed by atoms with van der Waals surface area (Å²) in [5.41, 5.74) is 3.63. The van der Waals surface area contributed by atoms with E-state index in [1.165, 1.54) is 0 Å². The molecule has 1 N–H and O–H groups in total. The highest BCUT2D eigenvalue weighted by Gasteiger charge is 2.04. The summed E-state index contributed by atoms with van der Waals surface area (Å²) >= 11 is 0. The molecule has 26 heavy (non-hydrogen) atoms. The van der Waals surface area contributed by atoms with Crippen molar-refractivity contribution < 1.29 is 9.53 Å². The van der Waals surface area contributed by atoms with Gasteiger partial charge in [-0.05, 0) is 35.4 Å². The molecular weight excluding hydrogens is 322 g/mol. The SMILES string of the molecule is COc1ccccc1C#CCNC(=O)c1ccc(-c2ccccc2)cc1. The van der Waals surface area contributed by atoms with Gasteiger partial charge in [0.05, 0.1) is 19.2 Å². The summed E-state index contributed by atoms with van der Waals surface area (Å²) in [6.07, 6.45) is 0. The molecule has 0 aromatic heterocycles. The maximum Gasteiger partial charge on any atom is 0.252 e. The van der Waals surface area contributed by atoms with Crippen molar-refractivity contribution in [1.82, 2.24) is 5.32 Å². The predicted molar refractivity (Wildman–Crippen MR) is 104 cm³/mol. The van der Waals surface area contributed by atoms with Crippen LogP contribution in [-0.2, 0) is 0 Å². The molecule has 0 radical (unpaired) electrons. The van der Waals surface area contributed by atoms with E-state index in [-0.39, 0.29) is 12.5 Å². The quantitative estimate of drug-likeness (QED) is 0.724. The van der Waals surface area contributed by atoms with Crippen LogP contribution in [-0.4, -0.2) is 19.6 Å². The van der Waals surface area contributed by atoms with Gasteiger partial charge in [0.15, 0.2) is 0 Å². The number of ether oxygens (including phenoxy) is 1. The zero-order valence-corrected chi connectivity index (χ0v) is 14.5. The normalized spacial score (nSPS) is 9.73. The Morgan fingerprint density at radius 1 is 0.885 bits per heavy atom. The number of benzene rings is 3. The van der Waals surface area contributed by atoms with Gasteiger partial charge in [-0.2, -0.15) is 0 Å². The molecule has 0 aliphatic rings. The number of amides is 1. The van der Waals surface area contributed by atoms with Crippen LogP contribution in [0.5, 0.6) is 5.75 Å². The molecule has 3 nitrogen and oxygen atoms in total. The fourth-order valence-corrected chi connectivity index (χ4v) is 2.56. The third-order valence-corrected chi connectivity index (χ3v) is 3.92. The third-order valence-electron chi connectivity index (χ3n) is 3.92. The van der Waals surface area contributed by atoms with E-state index >= 15 is 0 Å². The van der Waals surface area contributed by atoms with E-state index in [0.717, 1.165) is 22.4 Å². The van der Waals surface area contributed by atoms with Crippen molar-refractivity contribution in [2.45, 2.75) is 0 Å². The molecule has 3 aromatic rings. The fraction of sp³-hybridized carbons (Fsp3) is 0.0870. The van der Waals surface area contributed by atoms with Crippen LogP contribution in [0.15, 0.2) is 78.9 Å². The molecule has 3 aromatic carbocycles. The molecule has 0 heterocycles. The van der Waals surface area contributed by atoms with Gasteiger partial charge in [-0.3, -0.25) is 4.79 Å². The van der Waals surface area contributed by atoms with Gasteiger partial charge in [0, 0.05) is 5.56 Å². The maximum absolute atomic E-state index is 12.2. The number of hydrogen-bond acceptors (Lipinski definition) is 2. The first kappa shape index (κ1) is 17.3. The van der Waals surface area contributed by atoms with Gasteiger partial charge in [0.1, 0.15) is 5.75 Å². The van der Waals surface area contributed by atoms with Crippen molar-refractivity contribution in [3.8, 4) is 28.7 Å². The van der Waals surface area contributed by atoms with Crippen LogP contribution in [0.1, 0.15) is 15.9 Å². The van der Waals surface area contributed by atoms with Gasteiger partial charge >= 0.3 is 0 Å². The number of rotatable bonds is 4. The van der Waals surface area contributed by atoms with Gasteiger partial charge < -0.3 is 10.1 Å². The van der Waals surface area contributed by atoms with E-state index in [1.54, 1.807) is 7.11 Å². The molecule has 0 saturated heterocycles. The average Bonchev–Trinajstić information content (AvgIpc) is 2.72. The smallest absolute Gasteiger partial charge is 0.252 e. The van der Waals surface area contributed by atoms with E-state index in [2.05, 4.69) is 17.2 Å². The molecule has 1 amide bonds. The van der Waals surface area contributed by atoms with Crippen LogP contribution in [0.3, 0.4) is 0 Å². The van der Waals surface area contributed by atoms with Crippen molar-refractivity contribution in [1.29, 1.82) is 0 Å². The molecule has 3 heteroatoms. The molecule has 0 bridgehead atoms. The van der Waals surface area contributed by atoms with Crippen molar-refractivity contribution in [3.63, 3.8) is 0 Å². The molecule has 0 atom stereocenters. The molecule has 0 aliphatic carbocycles. The number of methoxy groups -OCH3 is 1. The maximum atomic E-state index is 12.2. The van der Waals surface area contributed by atoms with E-state index in [9.17, 15) is 4.79 Å². The molecule has 0 spiro atoms. The van der Waals surface area contributed by atoms with Crippen molar-refractivity contribution >= 4 is 5.91 Å². The second kappa shape index (κ2) is 8.55. The molecule has 0 fully saturated rings. The van der Waals surface area contributed by atoms with Crippen LogP contribution < -0.4 is 10.1 Å². The minimum Gasteiger partial charge on any atom is -0.495 e. The van der Waals surface area contributed by atoms with Gasteiger partial charge in [-0.25, -0.2) is 0 Å². The van der Waals surface area contributed by atoms with Gasteiger partial charge in [0.2, 0.25) is 0 Å². The first-order chi connectivity index (χ1) is 12.8. The predicted octanol–water partition coefficient (Wildman–Crippen LogP) is 4.14. The lowest BCUT2D eigenvalue weighted by Crippen LogP contribution is -2.23. The Bertz CT molecular complexity index is 935. The topological polar surface area (TPSA) is 38.3 Å². The summed E-state index contributed by atoms with van der Waals surface area (Å²) in [7, 11) is 1.61. The number of nitrogens with one attached hydrogen (secondary N) is 1. The minimum absolute atomic E-state index is 0.140. The Kier molecular flexibility index (Phi) is 5.69. The van der Waals surface area contributed by atoms with E-state index in [0.29, 0.717) is 5.56 Å². The Morgan fingerprint density at radius 3 is 2.27 bits per heavy atom. The largest absolute Gasteiger partial charge is 0.495 e. The standard InChI is InChI=1S/C23H19NO2/c1-26-22-12-6-5-10-20(22)11-7-17-24-23(25)21-15-13-19(14-16-21)18-8-3-2-4-9-18/h2-6,8-10,12-16H,17H2,1H3,(H,24,25). The lowest BCUT2D eigenvalue weighted by molar-refractivity contribution is 0.0958. The van der Waals surface area contributed by atoms with Crippen LogP contribution in [0, 0.1) is 11.8 Å². The van der Waals surface area contributed by atoms with E-state index < -0.39 is 0 Å². The molecular formula is C23H19NO2. The first-order valence-electron chi connectivity index (χ1n) is 8.33. The molecule has 0 saturated carbocycles. The van der Waals surface area contributed by atoms with E-state index in [1.807, 2.05) is 78.9 Å². The highest BCUT2D eigenvalue weighted by Crippen LogP contribution is 2.19. The van der Waals surface area contributed by atoms with Gasteiger partial charge in [-0.1, -0.05) is 66.4 Å². The van der Waals surface area contributed by atoms with E-state index in [4.69, 9.17) is 4.74 Å². The van der Waals surface area contributed by atoms with Gasteiger partial charge in [-0.15, -0.1) is 0 Å². The van der Waals surface area contributed by atoms with Crippen LogP contribution in [0.2, 0.25) is 0 Å². The zero-order valence-electron chi connectivity index (χ0n) is 14.5. The Balaban J connectivity index is 1.60. The lowest BCUT2D eigenvalue weighted by atomic mass is 10.0. The summed E-state index contributed by atoms with van der Waals surface area (Å²) < 4.78 is 5.25. The van der Waals surface area contributed by atoms with Gasteiger partial charge in [0.25, 0.3) is 5.91 Å². The average molecular weight is 341 g/mol. The molecule has 3 rings (SSSR count). The molecule has 0 aliphatic heterocycles. The summed E-state index contributed by atoms with van der Waals surface area (Å²) in [6.45, 7) is 0.275. The first-order valence-corrected chi connectivity index (χ1v) is 8.33. The third kappa shape index (κ3) is 4.31. The number of carbonyl (C=O) groups is 1. The number of para-hydroxylation sites is 1. The monoisotopic (exact) mass is 341 g/mol. The second-order valence-electron chi connectivity index (χ2n) is 5.63. The lowest BCUT2D eigenvalue weighted by Gasteiger charge is -2.04. The summed E-state index contributed by atoms with van der Waals surface area (Å²) in [5, 5.41) is 2.81. The van der Waals surface area contributed by atoms with Crippen LogP contribution >= 0.6 is 0 Å². The Labute approximate surface area is 153 Å². The number of hydrogen-bond donors (Lipinski definition) is 1. The van der Waals surface area contributed by atoms with Crippen LogP contribution in [0.4, 0.5) is 0 Å². The Morgan fingerprint density at radius 2 is 1.54 bits per heavy atom. The minimum atomic E-state index is -0.140.